The fraction of sp³-hybridized carbons (Fsp3) is 0.543. The summed E-state index contributed by atoms with van der Waals surface area (Å²) in [5.41, 5.74) is -1.99. The number of hydrogen-bond acceptors (Lipinski definition) is 8. The number of carbonyl (C=O) groups is 4. The lowest BCUT2D eigenvalue weighted by Crippen LogP contribution is -2.66. The monoisotopic (exact) mass is 624 g/mol. The molecule has 1 fully saturated rings. The van der Waals surface area contributed by atoms with Crippen LogP contribution in [-0.4, -0.2) is 58.4 Å². The molecule has 2 aromatic carbocycles. The van der Waals surface area contributed by atoms with Gasteiger partial charge in [0.25, 0.3) is 0 Å². The van der Waals surface area contributed by atoms with Crippen LogP contribution in [-0.2, 0) is 38.1 Å². The fourth-order valence-electron chi connectivity index (χ4n) is 7.26. The molecule has 1 aliphatic rings. The Morgan fingerprint density at radius 3 is 1.34 bits per heavy atom. The second-order valence-corrected chi connectivity index (χ2v) is 17.2. The third-order valence-corrected chi connectivity index (χ3v) is 12.9. The van der Waals surface area contributed by atoms with Crippen LogP contribution in [0.2, 0.25) is 19.1 Å². The molecule has 240 valence electrons. The lowest BCUT2D eigenvalue weighted by atomic mass is 9.51. The van der Waals surface area contributed by atoms with E-state index in [4.69, 9.17) is 18.9 Å². The summed E-state index contributed by atoms with van der Waals surface area (Å²) < 4.78 is 22.0. The minimum absolute atomic E-state index is 0.0463. The predicted octanol–water partition coefficient (Wildman–Crippen LogP) is 6.34. The van der Waals surface area contributed by atoms with Crippen molar-refractivity contribution in [2.75, 3.05) is 26.4 Å². The molecule has 44 heavy (non-hydrogen) atoms. The molecule has 0 aromatic heterocycles. The van der Waals surface area contributed by atoms with Crippen molar-refractivity contribution >= 4 is 32.0 Å². The van der Waals surface area contributed by atoms with Crippen molar-refractivity contribution in [2.45, 2.75) is 72.1 Å². The zero-order valence-electron chi connectivity index (χ0n) is 27.2. The van der Waals surface area contributed by atoms with Crippen LogP contribution in [0.4, 0.5) is 0 Å². The van der Waals surface area contributed by atoms with Gasteiger partial charge in [0.1, 0.15) is 0 Å². The smallest absolute Gasteiger partial charge is 0.325 e. The second-order valence-electron chi connectivity index (χ2n) is 12.3. The molecule has 8 nitrogen and oxygen atoms in total. The van der Waals surface area contributed by atoms with Crippen molar-refractivity contribution in [3.63, 3.8) is 0 Å². The van der Waals surface area contributed by atoms with E-state index in [9.17, 15) is 19.2 Å². The number of esters is 4. The van der Waals surface area contributed by atoms with Crippen LogP contribution >= 0.6 is 0 Å². The molecule has 0 aliphatic heterocycles. The van der Waals surface area contributed by atoms with Gasteiger partial charge in [0, 0.05) is 5.54 Å². The van der Waals surface area contributed by atoms with Gasteiger partial charge in [0.2, 0.25) is 0 Å². The van der Waals surface area contributed by atoms with Crippen molar-refractivity contribution in [1.82, 2.24) is 0 Å². The zero-order valence-corrected chi connectivity index (χ0v) is 28.2. The minimum Gasteiger partial charge on any atom is -0.465 e. The molecular weight excluding hydrogens is 576 g/mol. The Hall–Kier alpha value is -3.46. The van der Waals surface area contributed by atoms with E-state index in [1.165, 1.54) is 11.1 Å². The standard InChI is InChI=1S/C35H48O8Si/c1-8-40-30(36)34(31(37)41-9-2)22-25(5)28(23-35(34,32(38)42-10-3)33(39)43-11-4)24-44(6,7)29(26-18-14-12-15-19-26)27-20-16-13-17-21-27/h12-21,25,28-29H,8-11,22-24H2,1-7H3/t25-,28+/m0/s1. The molecule has 1 saturated carbocycles. The van der Waals surface area contributed by atoms with Gasteiger partial charge in [-0.2, -0.15) is 0 Å². The Labute approximate surface area is 262 Å². The molecule has 2 atom stereocenters. The van der Waals surface area contributed by atoms with Gasteiger partial charge in [-0.15, -0.1) is 0 Å². The lowest BCUT2D eigenvalue weighted by Gasteiger charge is -2.51. The first-order chi connectivity index (χ1) is 21.0. The summed E-state index contributed by atoms with van der Waals surface area (Å²) in [7, 11) is -2.28. The van der Waals surface area contributed by atoms with Crippen LogP contribution < -0.4 is 0 Å². The molecule has 0 spiro atoms. The highest BCUT2D eigenvalue weighted by atomic mass is 28.3. The van der Waals surface area contributed by atoms with Crippen molar-refractivity contribution in [2.24, 2.45) is 22.7 Å². The predicted molar refractivity (Wildman–Crippen MR) is 170 cm³/mol. The van der Waals surface area contributed by atoms with E-state index in [0.717, 1.165) is 0 Å². The van der Waals surface area contributed by atoms with Crippen LogP contribution in [0, 0.1) is 22.7 Å². The van der Waals surface area contributed by atoms with Gasteiger partial charge in [0.15, 0.2) is 10.8 Å². The highest BCUT2D eigenvalue weighted by Gasteiger charge is 2.76. The topological polar surface area (TPSA) is 105 Å². The largest absolute Gasteiger partial charge is 0.465 e. The summed E-state index contributed by atoms with van der Waals surface area (Å²) >= 11 is 0. The Kier molecular flexibility index (Phi) is 11.9. The SMILES string of the molecule is CCOC(=O)C1(C(=O)OCC)C[C@H](C[Si](C)(C)C(c2ccccc2)c2ccccc2)[C@@H](C)CC1(C(=O)OCC)C(=O)OCC. The van der Waals surface area contributed by atoms with Crippen molar-refractivity contribution in [1.29, 1.82) is 0 Å². The first kappa shape index (κ1) is 35.0. The van der Waals surface area contributed by atoms with E-state index >= 15 is 0 Å². The number of carbonyl (C=O) groups excluding carboxylic acids is 4. The number of ether oxygens (including phenoxy) is 4. The summed E-state index contributed by atoms with van der Waals surface area (Å²) in [4.78, 5) is 56.2. The average Bonchev–Trinajstić information content (AvgIpc) is 2.99. The quantitative estimate of drug-likeness (QED) is 0.110. The van der Waals surface area contributed by atoms with E-state index in [2.05, 4.69) is 37.4 Å². The summed E-state index contributed by atoms with van der Waals surface area (Å²) in [5, 5.41) is 0. The van der Waals surface area contributed by atoms with Crippen LogP contribution in [0.25, 0.3) is 0 Å². The molecule has 0 amide bonds. The number of hydrogen-bond donors (Lipinski definition) is 0. The first-order valence-corrected chi connectivity index (χ1v) is 19.0. The number of rotatable bonds is 13. The van der Waals surface area contributed by atoms with Gasteiger partial charge in [-0.1, -0.05) is 86.7 Å². The van der Waals surface area contributed by atoms with Gasteiger partial charge >= 0.3 is 23.9 Å². The third-order valence-electron chi connectivity index (χ3n) is 9.06. The molecule has 0 radical (unpaired) electrons. The molecule has 2 aromatic rings. The van der Waals surface area contributed by atoms with E-state index in [0.29, 0.717) is 6.04 Å². The first-order valence-electron chi connectivity index (χ1n) is 15.7. The van der Waals surface area contributed by atoms with Crippen LogP contribution in [0.1, 0.15) is 64.1 Å². The Bertz CT molecular complexity index is 1200. The minimum atomic E-state index is -2.28. The summed E-state index contributed by atoms with van der Waals surface area (Å²) in [5.74, 6) is -4.30. The highest BCUT2D eigenvalue weighted by molar-refractivity contribution is 6.79. The normalized spacial score (nSPS) is 19.1. The van der Waals surface area contributed by atoms with E-state index in [1.54, 1.807) is 27.7 Å². The maximum absolute atomic E-state index is 14.1. The van der Waals surface area contributed by atoms with Gasteiger partial charge in [-0.05, 0) is 63.5 Å². The molecule has 0 N–H and O–H groups in total. The van der Waals surface area contributed by atoms with E-state index in [1.807, 2.05) is 43.3 Å². The van der Waals surface area contributed by atoms with Gasteiger partial charge in [-0.25, -0.2) is 0 Å². The fourth-order valence-corrected chi connectivity index (χ4v) is 11.6. The van der Waals surface area contributed by atoms with Crippen molar-refractivity contribution in [3.05, 3.63) is 71.8 Å². The lowest BCUT2D eigenvalue weighted by molar-refractivity contribution is -0.213. The highest BCUT2D eigenvalue weighted by Crippen LogP contribution is 2.59. The van der Waals surface area contributed by atoms with Gasteiger partial charge < -0.3 is 18.9 Å². The van der Waals surface area contributed by atoms with Crippen LogP contribution in [0.5, 0.6) is 0 Å². The van der Waals surface area contributed by atoms with E-state index in [-0.39, 0.29) is 56.6 Å². The van der Waals surface area contributed by atoms with Crippen molar-refractivity contribution < 1.29 is 38.1 Å². The van der Waals surface area contributed by atoms with Crippen molar-refractivity contribution in [3.8, 4) is 0 Å². The summed E-state index contributed by atoms with van der Waals surface area (Å²) in [6.45, 7) is 12.9. The molecule has 3 rings (SSSR count). The molecule has 1 aliphatic carbocycles. The Morgan fingerprint density at radius 2 is 1.00 bits per heavy atom. The molecule has 0 unspecified atom stereocenters. The van der Waals surface area contributed by atoms with Gasteiger partial charge in [-0.3, -0.25) is 19.2 Å². The molecule has 0 heterocycles. The van der Waals surface area contributed by atoms with Gasteiger partial charge in [0.05, 0.1) is 34.5 Å². The Balaban J connectivity index is 2.23. The van der Waals surface area contributed by atoms with E-state index < -0.39 is 42.8 Å². The molecular formula is C35H48O8Si. The second kappa shape index (κ2) is 15.0. The maximum Gasteiger partial charge on any atom is 0.325 e. The summed E-state index contributed by atoms with van der Waals surface area (Å²) in [6.07, 6.45) is -0.213. The number of benzene rings is 2. The molecule has 9 heteroatoms. The Morgan fingerprint density at radius 1 is 0.659 bits per heavy atom. The zero-order chi connectivity index (χ0) is 32.5. The third kappa shape index (κ3) is 6.62. The molecule has 0 saturated heterocycles. The summed E-state index contributed by atoms with van der Waals surface area (Å²) in [6, 6.07) is 21.5. The van der Waals surface area contributed by atoms with Crippen LogP contribution in [0.3, 0.4) is 0 Å². The molecule has 0 bridgehead atoms. The average molecular weight is 625 g/mol. The maximum atomic E-state index is 14.1. The van der Waals surface area contributed by atoms with Crippen LogP contribution in [0.15, 0.2) is 60.7 Å².